The molecule has 146 valence electrons. The number of amides is 1. The molecule has 1 unspecified atom stereocenters. The van der Waals surface area contributed by atoms with Crippen LogP contribution in [-0.2, 0) is 5.92 Å². The quantitative estimate of drug-likeness (QED) is 0.720. The predicted molar refractivity (Wildman–Crippen MR) is 86.0 cm³/mol. The average Bonchev–Trinajstić information content (AvgIpc) is 3.20. The van der Waals surface area contributed by atoms with Gasteiger partial charge in [0, 0.05) is 19.3 Å². The van der Waals surface area contributed by atoms with Gasteiger partial charge in [-0.25, -0.2) is 9.67 Å². The minimum atomic E-state index is -5.93. The maximum atomic E-state index is 14.3. The van der Waals surface area contributed by atoms with Gasteiger partial charge in [0.05, 0.1) is 16.8 Å². The van der Waals surface area contributed by atoms with Crippen LogP contribution in [0, 0.1) is 5.92 Å². The van der Waals surface area contributed by atoms with E-state index in [-0.39, 0.29) is 28.7 Å². The minimum absolute atomic E-state index is 0.126. The Morgan fingerprint density at radius 2 is 2.00 bits per heavy atom. The Bertz CT molecular complexity index is 867. The highest BCUT2D eigenvalue weighted by atomic mass is 35.5. The van der Waals surface area contributed by atoms with Gasteiger partial charge in [0.25, 0.3) is 5.91 Å². The molecule has 2 aromatic heterocycles. The fourth-order valence-electron chi connectivity index (χ4n) is 2.92. The van der Waals surface area contributed by atoms with Gasteiger partial charge in [0.1, 0.15) is 5.69 Å². The molecule has 27 heavy (non-hydrogen) atoms. The van der Waals surface area contributed by atoms with Gasteiger partial charge in [0.15, 0.2) is 5.82 Å². The van der Waals surface area contributed by atoms with Crippen LogP contribution in [0.15, 0.2) is 24.5 Å². The number of pyridine rings is 1. The van der Waals surface area contributed by atoms with E-state index < -0.39 is 35.1 Å². The molecule has 0 N–H and O–H groups in total. The number of hydrogen-bond donors (Lipinski definition) is 0. The summed E-state index contributed by atoms with van der Waals surface area (Å²) in [7, 11) is 0. The number of aromatic nitrogens is 3. The molecule has 3 rings (SSSR count). The van der Waals surface area contributed by atoms with Crippen molar-refractivity contribution in [3.63, 3.8) is 0 Å². The summed E-state index contributed by atoms with van der Waals surface area (Å²) in [5, 5.41) is 3.39. The topological polar surface area (TPSA) is 51.0 Å². The van der Waals surface area contributed by atoms with Gasteiger partial charge in [0.2, 0.25) is 0 Å². The van der Waals surface area contributed by atoms with Crippen LogP contribution in [0.5, 0.6) is 0 Å². The molecule has 3 heterocycles. The zero-order valence-electron chi connectivity index (χ0n) is 14.0. The molecule has 0 aromatic carbocycles. The number of carbonyl (C=O) groups excluding carboxylic acids is 1. The molecular weight excluding hydrogens is 395 g/mol. The van der Waals surface area contributed by atoms with Crippen molar-refractivity contribution < 1.29 is 26.7 Å². The first-order valence-electron chi connectivity index (χ1n) is 7.97. The Balaban J connectivity index is 2.18. The molecule has 0 saturated carbocycles. The molecule has 1 fully saturated rings. The van der Waals surface area contributed by atoms with Crippen LogP contribution in [0.2, 0.25) is 5.02 Å². The Labute approximate surface area is 155 Å². The standard InChI is InChI=1S/C16H14ClF5N4O/c1-9-4-6-25(8-9)14(27)10-7-24-26(13-11(17)3-2-5-23-13)12(10)15(18,19)16(20,21)22/h2-3,5,7,9H,4,6,8H2,1H3. The molecule has 0 aliphatic carbocycles. The molecule has 1 atom stereocenters. The second-order valence-corrected chi connectivity index (χ2v) is 6.75. The Morgan fingerprint density at radius 1 is 1.30 bits per heavy atom. The summed E-state index contributed by atoms with van der Waals surface area (Å²) >= 11 is 5.89. The summed E-state index contributed by atoms with van der Waals surface area (Å²) in [5.74, 6) is -6.56. The third-order valence-corrected chi connectivity index (χ3v) is 4.60. The van der Waals surface area contributed by atoms with Crippen molar-refractivity contribution in [2.24, 2.45) is 5.92 Å². The number of carbonyl (C=O) groups is 1. The maximum absolute atomic E-state index is 14.3. The number of likely N-dealkylation sites (tertiary alicyclic amines) is 1. The molecule has 11 heteroatoms. The van der Waals surface area contributed by atoms with Crippen LogP contribution >= 0.6 is 11.6 Å². The van der Waals surface area contributed by atoms with Crippen LogP contribution in [-0.4, -0.2) is 44.8 Å². The van der Waals surface area contributed by atoms with Gasteiger partial charge < -0.3 is 4.90 Å². The van der Waals surface area contributed by atoms with E-state index in [1.165, 1.54) is 23.2 Å². The lowest BCUT2D eigenvalue weighted by Gasteiger charge is -2.23. The van der Waals surface area contributed by atoms with Crippen molar-refractivity contribution in [1.29, 1.82) is 0 Å². The molecule has 1 saturated heterocycles. The molecular formula is C16H14ClF5N4O. The summed E-state index contributed by atoms with van der Waals surface area (Å²) in [6.45, 7) is 2.40. The predicted octanol–water partition coefficient (Wildman–Crippen LogP) is 4.06. The highest BCUT2D eigenvalue weighted by Crippen LogP contribution is 2.46. The smallest absolute Gasteiger partial charge is 0.338 e. The fourth-order valence-corrected chi connectivity index (χ4v) is 3.13. The number of halogens is 6. The van der Waals surface area contributed by atoms with E-state index in [2.05, 4.69) is 10.1 Å². The summed E-state index contributed by atoms with van der Waals surface area (Å²) in [4.78, 5) is 17.6. The number of nitrogens with zero attached hydrogens (tertiary/aromatic N) is 4. The van der Waals surface area contributed by atoms with Gasteiger partial charge in [-0.3, -0.25) is 4.79 Å². The lowest BCUT2D eigenvalue weighted by molar-refractivity contribution is -0.291. The van der Waals surface area contributed by atoms with Crippen LogP contribution < -0.4 is 0 Å². The van der Waals surface area contributed by atoms with Crippen LogP contribution in [0.25, 0.3) is 5.82 Å². The summed E-state index contributed by atoms with van der Waals surface area (Å²) in [6, 6.07) is 2.65. The summed E-state index contributed by atoms with van der Waals surface area (Å²) in [6.07, 6.45) is -3.43. The molecule has 2 aromatic rings. The van der Waals surface area contributed by atoms with E-state index in [4.69, 9.17) is 11.6 Å². The van der Waals surface area contributed by atoms with E-state index in [9.17, 15) is 26.7 Å². The molecule has 0 radical (unpaired) electrons. The highest BCUT2D eigenvalue weighted by Gasteiger charge is 2.62. The van der Waals surface area contributed by atoms with Crippen molar-refractivity contribution in [1.82, 2.24) is 19.7 Å². The zero-order valence-corrected chi connectivity index (χ0v) is 14.7. The Kier molecular flexibility index (Phi) is 4.87. The van der Waals surface area contributed by atoms with Crippen LogP contribution in [0.1, 0.15) is 29.4 Å². The van der Waals surface area contributed by atoms with E-state index in [1.807, 2.05) is 6.92 Å². The lowest BCUT2D eigenvalue weighted by atomic mass is 10.1. The molecule has 5 nitrogen and oxygen atoms in total. The fraction of sp³-hybridized carbons (Fsp3) is 0.438. The van der Waals surface area contributed by atoms with E-state index in [0.29, 0.717) is 12.6 Å². The van der Waals surface area contributed by atoms with Crippen LogP contribution in [0.4, 0.5) is 22.0 Å². The second-order valence-electron chi connectivity index (χ2n) is 6.34. The van der Waals surface area contributed by atoms with Gasteiger partial charge in [-0.2, -0.15) is 27.1 Å². The SMILES string of the molecule is CC1CCN(C(=O)c2cnn(-c3ncccc3Cl)c2C(F)(F)C(F)(F)F)C1. The normalized spacial score (nSPS) is 18.2. The molecule has 0 bridgehead atoms. The van der Waals surface area contributed by atoms with Gasteiger partial charge in [-0.05, 0) is 24.5 Å². The maximum Gasteiger partial charge on any atom is 0.459 e. The first-order chi connectivity index (χ1) is 12.5. The van der Waals surface area contributed by atoms with E-state index in [0.717, 1.165) is 0 Å². The second kappa shape index (κ2) is 6.74. The molecule has 1 aliphatic heterocycles. The largest absolute Gasteiger partial charge is 0.459 e. The van der Waals surface area contributed by atoms with Crippen molar-refractivity contribution >= 4 is 17.5 Å². The van der Waals surface area contributed by atoms with Crippen molar-refractivity contribution in [2.75, 3.05) is 13.1 Å². The number of rotatable bonds is 3. The Hall–Kier alpha value is -2.23. The minimum Gasteiger partial charge on any atom is -0.338 e. The molecule has 0 spiro atoms. The Morgan fingerprint density at radius 3 is 2.56 bits per heavy atom. The van der Waals surface area contributed by atoms with Crippen molar-refractivity contribution in [3.05, 3.63) is 40.8 Å². The van der Waals surface area contributed by atoms with Crippen molar-refractivity contribution in [2.45, 2.75) is 25.4 Å². The first-order valence-corrected chi connectivity index (χ1v) is 8.35. The average molecular weight is 409 g/mol. The monoisotopic (exact) mass is 408 g/mol. The van der Waals surface area contributed by atoms with Gasteiger partial charge >= 0.3 is 12.1 Å². The van der Waals surface area contributed by atoms with Crippen LogP contribution in [0.3, 0.4) is 0 Å². The number of hydrogen-bond acceptors (Lipinski definition) is 3. The molecule has 1 aliphatic rings. The van der Waals surface area contributed by atoms with Gasteiger partial charge in [-0.1, -0.05) is 18.5 Å². The van der Waals surface area contributed by atoms with E-state index >= 15 is 0 Å². The van der Waals surface area contributed by atoms with Gasteiger partial charge in [-0.15, -0.1) is 0 Å². The third-order valence-electron chi connectivity index (χ3n) is 4.30. The molecule has 1 amide bonds. The van der Waals surface area contributed by atoms with Crippen molar-refractivity contribution in [3.8, 4) is 5.82 Å². The first kappa shape index (κ1) is 19.5. The van der Waals surface area contributed by atoms with E-state index in [1.54, 1.807) is 0 Å². The summed E-state index contributed by atoms with van der Waals surface area (Å²) in [5.41, 5.74) is -2.42. The highest BCUT2D eigenvalue weighted by molar-refractivity contribution is 6.32. The lowest BCUT2D eigenvalue weighted by Crippen LogP contribution is -2.39. The summed E-state index contributed by atoms with van der Waals surface area (Å²) < 4.78 is 68.3. The zero-order chi connectivity index (χ0) is 20.0. The number of alkyl halides is 5. The third kappa shape index (κ3) is 3.38.